The summed E-state index contributed by atoms with van der Waals surface area (Å²) in [5.74, 6) is 1.47. The normalized spacial score (nSPS) is 15.6. The van der Waals surface area contributed by atoms with Gasteiger partial charge >= 0.3 is 0 Å². The van der Waals surface area contributed by atoms with Crippen LogP contribution in [0.25, 0.3) is 0 Å². The second-order valence-corrected chi connectivity index (χ2v) is 4.87. The van der Waals surface area contributed by atoms with Gasteiger partial charge in [0.05, 0.1) is 6.61 Å². The van der Waals surface area contributed by atoms with Crippen molar-refractivity contribution >= 4 is 10.8 Å². The van der Waals surface area contributed by atoms with Gasteiger partial charge in [-0.2, -0.15) is 0 Å². The number of nitrogens with one attached hydrogen (secondary N) is 1. The summed E-state index contributed by atoms with van der Waals surface area (Å²) in [7, 11) is 2.90. The van der Waals surface area contributed by atoms with E-state index in [4.69, 9.17) is 4.74 Å². The molecule has 0 aliphatic rings. The Balaban J connectivity index is 3.26. The predicted octanol–water partition coefficient (Wildman–Crippen LogP) is 0.770. The van der Waals surface area contributed by atoms with Crippen LogP contribution in [-0.2, 0) is 15.5 Å². The van der Waals surface area contributed by atoms with Crippen molar-refractivity contribution in [3.8, 4) is 0 Å². The highest BCUT2D eigenvalue weighted by atomic mass is 32.2. The van der Waals surface area contributed by atoms with Crippen LogP contribution in [0.5, 0.6) is 0 Å². The van der Waals surface area contributed by atoms with Crippen LogP contribution >= 0.6 is 0 Å². The fourth-order valence-corrected chi connectivity index (χ4v) is 2.02. The molecule has 0 fully saturated rings. The first-order chi connectivity index (χ1) is 6.20. The van der Waals surface area contributed by atoms with Crippen molar-refractivity contribution in [3.63, 3.8) is 0 Å². The highest BCUT2D eigenvalue weighted by molar-refractivity contribution is 7.84. The largest absolute Gasteiger partial charge is 0.384 e. The Bertz CT molecular complexity index is 142. The lowest BCUT2D eigenvalue weighted by molar-refractivity contribution is 0.218. The quantitative estimate of drug-likeness (QED) is 0.639. The Kier molecular flexibility index (Phi) is 8.71. The summed E-state index contributed by atoms with van der Waals surface area (Å²) in [4.78, 5) is 0. The zero-order valence-corrected chi connectivity index (χ0v) is 9.65. The summed E-state index contributed by atoms with van der Waals surface area (Å²) in [6, 6.07) is 0.527. The van der Waals surface area contributed by atoms with Gasteiger partial charge in [-0.1, -0.05) is 0 Å². The molecule has 0 heterocycles. The van der Waals surface area contributed by atoms with Crippen LogP contribution in [-0.4, -0.2) is 42.5 Å². The predicted molar refractivity (Wildman–Crippen MR) is 57.5 cm³/mol. The van der Waals surface area contributed by atoms with E-state index in [0.29, 0.717) is 18.4 Å². The zero-order chi connectivity index (χ0) is 10.1. The van der Waals surface area contributed by atoms with Crippen molar-refractivity contribution in [3.05, 3.63) is 0 Å². The van der Waals surface area contributed by atoms with Gasteiger partial charge in [0, 0.05) is 35.5 Å². The molecule has 0 aromatic rings. The minimum Gasteiger partial charge on any atom is -0.384 e. The zero-order valence-electron chi connectivity index (χ0n) is 8.84. The van der Waals surface area contributed by atoms with Crippen LogP contribution < -0.4 is 5.32 Å². The molecule has 2 atom stereocenters. The molecule has 0 saturated carbocycles. The molecule has 2 unspecified atom stereocenters. The summed E-state index contributed by atoms with van der Waals surface area (Å²) in [5, 5.41) is 3.16. The molecule has 0 aliphatic carbocycles. The van der Waals surface area contributed by atoms with Gasteiger partial charge in [0.15, 0.2) is 0 Å². The second-order valence-electron chi connectivity index (χ2n) is 3.17. The van der Waals surface area contributed by atoms with Crippen molar-refractivity contribution in [1.29, 1.82) is 0 Å². The minimum atomic E-state index is -0.691. The van der Waals surface area contributed by atoms with Crippen LogP contribution in [0, 0.1) is 0 Å². The van der Waals surface area contributed by atoms with E-state index in [1.807, 2.05) is 7.05 Å². The Hall–Kier alpha value is 0.0700. The van der Waals surface area contributed by atoms with Gasteiger partial charge in [-0.25, -0.2) is 0 Å². The summed E-state index contributed by atoms with van der Waals surface area (Å²) < 4.78 is 16.1. The lowest BCUT2D eigenvalue weighted by Gasteiger charge is -2.08. The van der Waals surface area contributed by atoms with Gasteiger partial charge in [-0.3, -0.25) is 4.21 Å². The molecule has 13 heavy (non-hydrogen) atoms. The standard InChI is InChI=1S/C9H21NO2S/c1-9(10-2)5-4-7-13(11)8-6-12-3/h9-10H,4-8H2,1-3H3. The minimum absolute atomic E-state index is 0.527. The molecular formula is C9H21NO2S. The molecule has 3 nitrogen and oxygen atoms in total. The van der Waals surface area contributed by atoms with Gasteiger partial charge in [-0.15, -0.1) is 0 Å². The van der Waals surface area contributed by atoms with E-state index in [0.717, 1.165) is 18.6 Å². The topological polar surface area (TPSA) is 38.3 Å². The molecule has 0 aromatic heterocycles. The fourth-order valence-electron chi connectivity index (χ4n) is 0.973. The van der Waals surface area contributed by atoms with E-state index in [-0.39, 0.29) is 0 Å². The van der Waals surface area contributed by atoms with Crippen molar-refractivity contribution in [2.75, 3.05) is 32.3 Å². The molecule has 0 saturated heterocycles. The molecule has 1 N–H and O–H groups in total. The number of hydrogen-bond donors (Lipinski definition) is 1. The van der Waals surface area contributed by atoms with Crippen LogP contribution in [0.2, 0.25) is 0 Å². The Morgan fingerprint density at radius 3 is 2.69 bits per heavy atom. The summed E-state index contributed by atoms with van der Waals surface area (Å²) in [6.45, 7) is 2.74. The Morgan fingerprint density at radius 1 is 1.46 bits per heavy atom. The molecule has 0 radical (unpaired) electrons. The maximum atomic E-state index is 11.3. The van der Waals surface area contributed by atoms with Crippen LogP contribution in [0.3, 0.4) is 0 Å². The smallest absolute Gasteiger partial charge is 0.0577 e. The lowest BCUT2D eigenvalue weighted by atomic mass is 10.2. The highest BCUT2D eigenvalue weighted by Gasteiger charge is 2.01. The van der Waals surface area contributed by atoms with E-state index >= 15 is 0 Å². The van der Waals surface area contributed by atoms with Crippen molar-refractivity contribution in [1.82, 2.24) is 5.32 Å². The van der Waals surface area contributed by atoms with E-state index in [1.54, 1.807) is 7.11 Å². The molecular weight excluding hydrogens is 186 g/mol. The third-order valence-electron chi connectivity index (χ3n) is 2.02. The highest BCUT2D eigenvalue weighted by Crippen LogP contribution is 1.97. The van der Waals surface area contributed by atoms with Crippen molar-refractivity contribution in [2.24, 2.45) is 0 Å². The number of hydrogen-bond acceptors (Lipinski definition) is 3. The maximum Gasteiger partial charge on any atom is 0.0577 e. The molecule has 0 rings (SSSR count). The second kappa shape index (κ2) is 8.66. The fraction of sp³-hybridized carbons (Fsp3) is 1.00. The molecule has 0 aliphatic heterocycles. The SMILES string of the molecule is CNC(C)CCCS(=O)CCOC. The van der Waals surface area contributed by atoms with Gasteiger partial charge < -0.3 is 10.1 Å². The van der Waals surface area contributed by atoms with E-state index < -0.39 is 10.8 Å². The third kappa shape index (κ3) is 8.40. The molecule has 0 bridgehead atoms. The lowest BCUT2D eigenvalue weighted by Crippen LogP contribution is -2.21. The van der Waals surface area contributed by atoms with Gasteiger partial charge in [0.2, 0.25) is 0 Å². The average Bonchev–Trinajstić information content (AvgIpc) is 2.14. The molecule has 0 amide bonds. The number of methoxy groups -OCH3 is 1. The van der Waals surface area contributed by atoms with Crippen molar-refractivity contribution in [2.45, 2.75) is 25.8 Å². The first-order valence-electron chi connectivity index (χ1n) is 4.72. The van der Waals surface area contributed by atoms with Gasteiger partial charge in [0.1, 0.15) is 0 Å². The Labute approximate surface area is 83.7 Å². The van der Waals surface area contributed by atoms with E-state index in [2.05, 4.69) is 12.2 Å². The van der Waals surface area contributed by atoms with Crippen LogP contribution in [0.4, 0.5) is 0 Å². The number of rotatable bonds is 8. The van der Waals surface area contributed by atoms with Gasteiger partial charge in [0.25, 0.3) is 0 Å². The van der Waals surface area contributed by atoms with Crippen molar-refractivity contribution < 1.29 is 8.95 Å². The summed E-state index contributed by atoms with van der Waals surface area (Å²) in [6.07, 6.45) is 2.12. The van der Waals surface area contributed by atoms with E-state index in [1.165, 1.54) is 0 Å². The maximum absolute atomic E-state index is 11.3. The molecule has 0 aromatic carbocycles. The molecule has 80 valence electrons. The Morgan fingerprint density at radius 2 is 2.15 bits per heavy atom. The third-order valence-corrected chi connectivity index (χ3v) is 3.38. The summed E-state index contributed by atoms with van der Waals surface area (Å²) >= 11 is 0. The average molecular weight is 207 g/mol. The van der Waals surface area contributed by atoms with Gasteiger partial charge in [-0.05, 0) is 26.8 Å². The molecule has 0 spiro atoms. The number of ether oxygens (including phenoxy) is 1. The monoisotopic (exact) mass is 207 g/mol. The van der Waals surface area contributed by atoms with Crippen LogP contribution in [0.15, 0.2) is 0 Å². The molecule has 4 heteroatoms. The first-order valence-corrected chi connectivity index (χ1v) is 6.20. The first kappa shape index (κ1) is 13.1. The summed E-state index contributed by atoms with van der Waals surface area (Å²) in [5.41, 5.74) is 0. The van der Waals surface area contributed by atoms with Crippen LogP contribution in [0.1, 0.15) is 19.8 Å². The van der Waals surface area contributed by atoms with E-state index in [9.17, 15) is 4.21 Å².